The lowest BCUT2D eigenvalue weighted by atomic mass is 10.00. The van der Waals surface area contributed by atoms with Gasteiger partial charge in [-0.2, -0.15) is 11.8 Å². The second kappa shape index (κ2) is 7.53. The average Bonchev–Trinajstić information content (AvgIpc) is 2.25. The number of ether oxygens (including phenoxy) is 1. The van der Waals surface area contributed by atoms with Crippen molar-refractivity contribution in [2.24, 2.45) is 5.92 Å². The molecule has 2 nitrogen and oxygen atoms in total. The number of nitrogens with one attached hydrogen (secondary N) is 1. The van der Waals surface area contributed by atoms with Gasteiger partial charge in [-0.1, -0.05) is 20.8 Å². The van der Waals surface area contributed by atoms with Gasteiger partial charge in [0.05, 0.1) is 12.7 Å². The van der Waals surface area contributed by atoms with Crippen LogP contribution < -0.4 is 5.32 Å². The standard InChI is InChI=1S/C12H25NOS/c1-4-13-11(6-5-10(2)3)12-9-15-8-7-14-12/h10-13H,4-9H2,1-3H3. The van der Waals surface area contributed by atoms with Crippen LogP contribution in [-0.2, 0) is 4.74 Å². The van der Waals surface area contributed by atoms with Gasteiger partial charge in [0.2, 0.25) is 0 Å². The Morgan fingerprint density at radius 3 is 2.73 bits per heavy atom. The van der Waals surface area contributed by atoms with Gasteiger partial charge in [0, 0.05) is 17.5 Å². The molecule has 1 aliphatic heterocycles. The van der Waals surface area contributed by atoms with Crippen molar-refractivity contribution in [3.63, 3.8) is 0 Å². The van der Waals surface area contributed by atoms with Crippen molar-refractivity contribution < 1.29 is 4.74 Å². The first kappa shape index (κ1) is 13.3. The molecule has 1 fully saturated rings. The highest BCUT2D eigenvalue weighted by Gasteiger charge is 2.23. The molecule has 0 radical (unpaired) electrons. The third-order valence-corrected chi connectivity index (χ3v) is 3.83. The molecule has 90 valence electrons. The lowest BCUT2D eigenvalue weighted by Gasteiger charge is -2.31. The van der Waals surface area contributed by atoms with E-state index in [9.17, 15) is 0 Å². The molecule has 0 saturated carbocycles. The van der Waals surface area contributed by atoms with Crippen LogP contribution in [0.2, 0.25) is 0 Å². The van der Waals surface area contributed by atoms with Crippen LogP contribution >= 0.6 is 11.8 Å². The van der Waals surface area contributed by atoms with Crippen LogP contribution in [0.25, 0.3) is 0 Å². The number of likely N-dealkylation sites (N-methyl/N-ethyl adjacent to an activating group) is 1. The molecular formula is C12H25NOS. The Morgan fingerprint density at radius 2 is 2.20 bits per heavy atom. The summed E-state index contributed by atoms with van der Waals surface area (Å²) < 4.78 is 5.84. The molecule has 2 unspecified atom stereocenters. The van der Waals surface area contributed by atoms with Crippen molar-refractivity contribution in [2.75, 3.05) is 24.7 Å². The first-order chi connectivity index (χ1) is 7.24. The van der Waals surface area contributed by atoms with Crippen LogP contribution in [0.1, 0.15) is 33.6 Å². The number of thioether (sulfide) groups is 1. The molecule has 0 bridgehead atoms. The minimum atomic E-state index is 0.433. The van der Waals surface area contributed by atoms with Crippen LogP contribution in [0.15, 0.2) is 0 Å². The lowest BCUT2D eigenvalue weighted by molar-refractivity contribution is 0.0438. The zero-order chi connectivity index (χ0) is 11.1. The monoisotopic (exact) mass is 231 g/mol. The Kier molecular flexibility index (Phi) is 6.69. The molecule has 0 aliphatic carbocycles. The van der Waals surface area contributed by atoms with Crippen LogP contribution in [0, 0.1) is 5.92 Å². The fourth-order valence-electron chi connectivity index (χ4n) is 1.93. The van der Waals surface area contributed by atoms with Gasteiger partial charge >= 0.3 is 0 Å². The quantitative estimate of drug-likeness (QED) is 0.759. The molecule has 1 heterocycles. The van der Waals surface area contributed by atoms with Crippen LogP contribution in [0.3, 0.4) is 0 Å². The Hall–Kier alpha value is 0.270. The minimum Gasteiger partial charge on any atom is -0.375 e. The Labute approximate surface area is 98.5 Å². The van der Waals surface area contributed by atoms with Crippen molar-refractivity contribution in [3.05, 3.63) is 0 Å². The summed E-state index contributed by atoms with van der Waals surface area (Å²) in [5.74, 6) is 3.12. The number of rotatable bonds is 6. The van der Waals surface area contributed by atoms with E-state index in [4.69, 9.17) is 4.74 Å². The van der Waals surface area contributed by atoms with Crippen molar-refractivity contribution in [1.29, 1.82) is 0 Å². The van der Waals surface area contributed by atoms with Crippen LogP contribution in [0.5, 0.6) is 0 Å². The molecule has 1 aliphatic rings. The van der Waals surface area contributed by atoms with E-state index in [1.807, 2.05) is 11.8 Å². The summed E-state index contributed by atoms with van der Waals surface area (Å²) in [6, 6.07) is 0.560. The van der Waals surface area contributed by atoms with E-state index in [1.165, 1.54) is 18.6 Å². The maximum atomic E-state index is 5.84. The van der Waals surface area contributed by atoms with Crippen molar-refractivity contribution in [2.45, 2.75) is 45.8 Å². The SMILES string of the molecule is CCNC(CCC(C)C)C1CSCCO1. The van der Waals surface area contributed by atoms with Gasteiger partial charge in [0.1, 0.15) is 0 Å². The highest BCUT2D eigenvalue weighted by molar-refractivity contribution is 7.99. The highest BCUT2D eigenvalue weighted by atomic mass is 32.2. The molecule has 0 spiro atoms. The smallest absolute Gasteiger partial charge is 0.0818 e. The predicted octanol–water partition coefficient (Wildman–Crippen LogP) is 2.53. The summed E-state index contributed by atoms with van der Waals surface area (Å²) in [6.45, 7) is 8.74. The van der Waals surface area contributed by atoms with E-state index >= 15 is 0 Å². The molecule has 1 rings (SSSR count). The number of hydrogen-bond acceptors (Lipinski definition) is 3. The van der Waals surface area contributed by atoms with E-state index in [0.29, 0.717) is 12.1 Å². The zero-order valence-corrected chi connectivity index (χ0v) is 11.1. The average molecular weight is 231 g/mol. The topological polar surface area (TPSA) is 21.3 Å². The Balaban J connectivity index is 2.33. The largest absolute Gasteiger partial charge is 0.375 e. The van der Waals surface area contributed by atoms with Gasteiger partial charge in [-0.05, 0) is 25.3 Å². The molecule has 0 aromatic rings. The maximum Gasteiger partial charge on any atom is 0.0818 e. The Morgan fingerprint density at radius 1 is 1.40 bits per heavy atom. The van der Waals surface area contributed by atoms with Gasteiger partial charge in [-0.15, -0.1) is 0 Å². The molecule has 0 aromatic carbocycles. The summed E-state index contributed by atoms with van der Waals surface area (Å²) in [6.07, 6.45) is 2.97. The molecule has 0 amide bonds. The van der Waals surface area contributed by atoms with Crippen molar-refractivity contribution >= 4 is 11.8 Å². The highest BCUT2D eigenvalue weighted by Crippen LogP contribution is 2.19. The summed E-state index contributed by atoms with van der Waals surface area (Å²) in [5, 5.41) is 3.57. The molecule has 1 saturated heterocycles. The summed E-state index contributed by atoms with van der Waals surface area (Å²) >= 11 is 2.03. The first-order valence-electron chi connectivity index (χ1n) is 6.16. The Bertz CT molecular complexity index is 158. The summed E-state index contributed by atoms with van der Waals surface area (Å²) in [5.41, 5.74) is 0. The van der Waals surface area contributed by atoms with E-state index < -0.39 is 0 Å². The minimum absolute atomic E-state index is 0.433. The fraction of sp³-hybridized carbons (Fsp3) is 1.00. The molecule has 0 aromatic heterocycles. The maximum absolute atomic E-state index is 5.84. The van der Waals surface area contributed by atoms with Gasteiger partial charge in [-0.3, -0.25) is 0 Å². The van der Waals surface area contributed by atoms with Gasteiger partial charge < -0.3 is 10.1 Å². The van der Waals surface area contributed by atoms with Crippen LogP contribution in [0.4, 0.5) is 0 Å². The van der Waals surface area contributed by atoms with E-state index in [2.05, 4.69) is 26.1 Å². The van der Waals surface area contributed by atoms with E-state index in [-0.39, 0.29) is 0 Å². The molecule has 15 heavy (non-hydrogen) atoms. The van der Waals surface area contributed by atoms with Gasteiger partial charge in [0.15, 0.2) is 0 Å². The van der Waals surface area contributed by atoms with Gasteiger partial charge in [-0.25, -0.2) is 0 Å². The second-order valence-electron chi connectivity index (χ2n) is 4.62. The number of hydrogen-bond donors (Lipinski definition) is 1. The first-order valence-corrected chi connectivity index (χ1v) is 7.32. The molecule has 2 atom stereocenters. The third kappa shape index (κ3) is 5.23. The van der Waals surface area contributed by atoms with E-state index in [0.717, 1.165) is 24.8 Å². The van der Waals surface area contributed by atoms with E-state index in [1.54, 1.807) is 0 Å². The summed E-state index contributed by atoms with van der Waals surface area (Å²) in [7, 11) is 0. The van der Waals surface area contributed by atoms with Crippen molar-refractivity contribution in [3.8, 4) is 0 Å². The third-order valence-electron chi connectivity index (χ3n) is 2.81. The lowest BCUT2D eigenvalue weighted by Crippen LogP contribution is -2.44. The molecule has 1 N–H and O–H groups in total. The fourth-order valence-corrected chi connectivity index (χ4v) is 2.87. The van der Waals surface area contributed by atoms with Crippen LogP contribution in [-0.4, -0.2) is 36.8 Å². The molecular weight excluding hydrogens is 206 g/mol. The van der Waals surface area contributed by atoms with Gasteiger partial charge in [0.25, 0.3) is 0 Å². The second-order valence-corrected chi connectivity index (χ2v) is 5.77. The normalized spacial score (nSPS) is 24.4. The zero-order valence-electron chi connectivity index (χ0n) is 10.3. The molecule has 3 heteroatoms. The predicted molar refractivity (Wildman–Crippen MR) is 68.6 cm³/mol. The van der Waals surface area contributed by atoms with Crippen molar-refractivity contribution in [1.82, 2.24) is 5.32 Å². The summed E-state index contributed by atoms with van der Waals surface area (Å²) in [4.78, 5) is 0.